The summed E-state index contributed by atoms with van der Waals surface area (Å²) in [6.07, 6.45) is 1.33. The van der Waals surface area contributed by atoms with Crippen LogP contribution in [0.3, 0.4) is 0 Å². The normalized spacial score (nSPS) is 14.6. The summed E-state index contributed by atoms with van der Waals surface area (Å²) < 4.78 is 0. The van der Waals surface area contributed by atoms with Gasteiger partial charge < -0.3 is 5.11 Å². The predicted octanol–water partition coefficient (Wildman–Crippen LogP) is 2.53. The Bertz CT molecular complexity index is 834. The number of aliphatic carboxylic acids is 1. The van der Waals surface area contributed by atoms with Crippen molar-refractivity contribution in [2.24, 2.45) is 5.11 Å². The quantitative estimate of drug-likeness (QED) is 0.117. The first kappa shape index (κ1) is 20.8. The fraction of sp³-hybridized carbons (Fsp3) is 0.438. The van der Waals surface area contributed by atoms with Gasteiger partial charge in [-0.15, -0.1) is 0 Å². The van der Waals surface area contributed by atoms with Crippen LogP contribution in [0.25, 0.3) is 10.4 Å². The van der Waals surface area contributed by atoms with Crippen LogP contribution in [-0.4, -0.2) is 39.4 Å². The molecule has 0 spiro atoms. The van der Waals surface area contributed by atoms with E-state index in [0.29, 0.717) is 19.4 Å². The zero-order valence-corrected chi connectivity index (χ0v) is 14.8. The number of hydrazine groups is 1. The molecule has 12 nitrogen and oxygen atoms in total. The summed E-state index contributed by atoms with van der Waals surface area (Å²) in [6.45, 7) is 0.293. The minimum absolute atomic E-state index is 0.0197. The number of carbonyl (C=O) groups is 3. The molecule has 0 saturated carbocycles. The van der Waals surface area contributed by atoms with E-state index in [1.54, 1.807) is 0 Å². The number of carboxylic acids is 1. The fourth-order valence-electron chi connectivity index (χ4n) is 2.93. The summed E-state index contributed by atoms with van der Waals surface area (Å²) in [4.78, 5) is 47.7. The summed E-state index contributed by atoms with van der Waals surface area (Å²) in [6, 6.07) is 3.64. The molecule has 1 heterocycles. The smallest absolute Gasteiger partial charge is 0.311 e. The molecule has 1 aliphatic heterocycles. The van der Waals surface area contributed by atoms with Crippen molar-refractivity contribution in [3.8, 4) is 0 Å². The third kappa shape index (κ3) is 5.02. The second kappa shape index (κ2) is 9.44. The molecule has 2 N–H and O–H groups in total. The molecule has 12 heteroatoms. The second-order valence-electron chi connectivity index (χ2n) is 6.11. The van der Waals surface area contributed by atoms with E-state index in [2.05, 4.69) is 15.5 Å². The van der Waals surface area contributed by atoms with Crippen LogP contribution < -0.4 is 5.43 Å². The van der Waals surface area contributed by atoms with E-state index in [1.165, 1.54) is 12.1 Å². The summed E-state index contributed by atoms with van der Waals surface area (Å²) >= 11 is 0. The fourth-order valence-corrected chi connectivity index (χ4v) is 2.93. The Morgan fingerprint density at radius 1 is 1.36 bits per heavy atom. The van der Waals surface area contributed by atoms with Gasteiger partial charge in [0.05, 0.1) is 10.8 Å². The van der Waals surface area contributed by atoms with Crippen LogP contribution in [0.4, 0.5) is 11.4 Å². The van der Waals surface area contributed by atoms with Crippen molar-refractivity contribution in [1.82, 2.24) is 10.4 Å². The van der Waals surface area contributed by atoms with Gasteiger partial charge in [-0.25, -0.2) is 10.4 Å². The van der Waals surface area contributed by atoms with E-state index in [4.69, 9.17) is 5.53 Å². The van der Waals surface area contributed by atoms with Gasteiger partial charge in [0.15, 0.2) is 0 Å². The Morgan fingerprint density at radius 2 is 2.04 bits per heavy atom. The molecule has 1 aromatic carbocycles. The first-order valence-corrected chi connectivity index (χ1v) is 8.50. The maximum Gasteiger partial charge on any atom is 0.311 e. The molecular weight excluding hydrogens is 372 g/mol. The highest BCUT2D eigenvalue weighted by molar-refractivity contribution is 6.01. The Balaban J connectivity index is 2.00. The number of hydrogen-bond acceptors (Lipinski definition) is 7. The van der Waals surface area contributed by atoms with Gasteiger partial charge in [-0.1, -0.05) is 23.7 Å². The van der Waals surface area contributed by atoms with Crippen LogP contribution in [0, 0.1) is 10.1 Å². The number of nitro groups is 1. The highest BCUT2D eigenvalue weighted by Gasteiger charge is 2.29. The number of carbonyl (C=O) groups excluding carboxylic acids is 2. The first-order chi connectivity index (χ1) is 13.3. The standard InChI is InChI=1S/C16H18N6O6/c17-20-19-10-4-5-11(13(9-10)22(27)28)12(16(25)26)3-1-2-8-18-21-14(23)6-7-15(21)24/h4-5,9,12,18H,1-3,6-8H2,(H,25,26). The lowest BCUT2D eigenvalue weighted by Crippen LogP contribution is -2.42. The molecule has 2 amide bonds. The molecular formula is C16H18N6O6. The summed E-state index contributed by atoms with van der Waals surface area (Å²) in [7, 11) is 0. The van der Waals surface area contributed by atoms with Crippen molar-refractivity contribution in [2.45, 2.75) is 38.0 Å². The maximum atomic E-state index is 11.6. The minimum atomic E-state index is -1.21. The highest BCUT2D eigenvalue weighted by atomic mass is 16.6. The number of azide groups is 1. The molecule has 148 valence electrons. The molecule has 1 saturated heterocycles. The van der Waals surface area contributed by atoms with Crippen molar-refractivity contribution < 1.29 is 24.4 Å². The molecule has 0 aliphatic carbocycles. The lowest BCUT2D eigenvalue weighted by atomic mass is 9.92. The van der Waals surface area contributed by atoms with Crippen molar-refractivity contribution in [2.75, 3.05) is 6.54 Å². The highest BCUT2D eigenvalue weighted by Crippen LogP contribution is 2.33. The van der Waals surface area contributed by atoms with E-state index in [9.17, 15) is 29.6 Å². The minimum Gasteiger partial charge on any atom is -0.481 e. The van der Waals surface area contributed by atoms with E-state index in [-0.39, 0.29) is 42.3 Å². The van der Waals surface area contributed by atoms with E-state index in [0.717, 1.165) is 11.1 Å². The van der Waals surface area contributed by atoms with Crippen molar-refractivity contribution in [3.05, 3.63) is 44.3 Å². The Kier molecular flexibility index (Phi) is 7.02. The zero-order valence-electron chi connectivity index (χ0n) is 14.8. The number of nitrogens with one attached hydrogen (secondary N) is 1. The summed E-state index contributed by atoms with van der Waals surface area (Å²) in [5.41, 5.74) is 10.8. The van der Waals surface area contributed by atoms with E-state index >= 15 is 0 Å². The number of unbranched alkanes of at least 4 members (excludes halogenated alkanes) is 1. The summed E-state index contributed by atoms with van der Waals surface area (Å²) in [5, 5.41) is 25.0. The van der Waals surface area contributed by atoms with Crippen molar-refractivity contribution in [1.29, 1.82) is 0 Å². The molecule has 1 aliphatic rings. The van der Waals surface area contributed by atoms with Gasteiger partial charge >= 0.3 is 5.97 Å². The Morgan fingerprint density at radius 3 is 2.61 bits per heavy atom. The molecule has 1 atom stereocenters. The van der Waals surface area contributed by atoms with Gasteiger partial charge in [-0.3, -0.25) is 24.5 Å². The lowest BCUT2D eigenvalue weighted by Gasteiger charge is -2.16. The zero-order chi connectivity index (χ0) is 20.7. The number of benzene rings is 1. The predicted molar refractivity (Wildman–Crippen MR) is 95.2 cm³/mol. The van der Waals surface area contributed by atoms with Gasteiger partial charge in [0.1, 0.15) is 0 Å². The lowest BCUT2D eigenvalue weighted by molar-refractivity contribution is -0.385. The van der Waals surface area contributed by atoms with Gasteiger partial charge in [-0.2, -0.15) is 0 Å². The van der Waals surface area contributed by atoms with Crippen LogP contribution in [-0.2, 0) is 14.4 Å². The molecule has 0 bridgehead atoms. The van der Waals surface area contributed by atoms with E-state index in [1.807, 2.05) is 0 Å². The monoisotopic (exact) mass is 390 g/mol. The van der Waals surface area contributed by atoms with Crippen molar-refractivity contribution >= 4 is 29.2 Å². The van der Waals surface area contributed by atoms with Crippen LogP contribution in [0.2, 0.25) is 0 Å². The van der Waals surface area contributed by atoms with Crippen LogP contribution in [0.1, 0.15) is 43.6 Å². The molecule has 2 rings (SSSR count). The van der Waals surface area contributed by atoms with Crippen LogP contribution >= 0.6 is 0 Å². The number of rotatable bonds is 10. The third-order valence-corrected chi connectivity index (χ3v) is 4.29. The van der Waals surface area contributed by atoms with Crippen LogP contribution in [0.5, 0.6) is 0 Å². The average molecular weight is 390 g/mol. The Labute approximate surface area is 158 Å². The van der Waals surface area contributed by atoms with Gasteiger partial charge in [0, 0.05) is 41.6 Å². The Hall–Kier alpha value is -3.50. The number of nitrogens with zero attached hydrogens (tertiary/aromatic N) is 5. The number of amides is 2. The van der Waals surface area contributed by atoms with Crippen molar-refractivity contribution in [3.63, 3.8) is 0 Å². The molecule has 0 radical (unpaired) electrons. The SMILES string of the molecule is [N-]=[N+]=Nc1ccc(C(CCCCNN2C(=O)CCC2=O)C(=O)O)c([N+](=O)[O-])c1. The van der Waals surface area contributed by atoms with Gasteiger partial charge in [0.25, 0.3) is 5.69 Å². The van der Waals surface area contributed by atoms with E-state index < -0.39 is 22.5 Å². The topological polar surface area (TPSA) is 179 Å². The number of hydrogen-bond donors (Lipinski definition) is 2. The van der Waals surface area contributed by atoms with Crippen LogP contribution in [0.15, 0.2) is 23.3 Å². The first-order valence-electron chi connectivity index (χ1n) is 8.50. The molecule has 0 aromatic heterocycles. The number of carboxylic acid groups (broad SMARTS) is 1. The average Bonchev–Trinajstić information content (AvgIpc) is 2.96. The third-order valence-electron chi connectivity index (χ3n) is 4.29. The maximum absolute atomic E-state index is 11.6. The number of imide groups is 1. The van der Waals surface area contributed by atoms with Gasteiger partial charge in [0.2, 0.25) is 11.8 Å². The largest absolute Gasteiger partial charge is 0.481 e. The summed E-state index contributed by atoms with van der Waals surface area (Å²) in [5.74, 6) is -2.93. The molecule has 1 fully saturated rings. The molecule has 1 aromatic rings. The molecule has 1 unspecified atom stereocenters. The second-order valence-corrected chi connectivity index (χ2v) is 6.11. The molecule has 28 heavy (non-hydrogen) atoms. The number of nitro benzene ring substituents is 1. The van der Waals surface area contributed by atoms with Gasteiger partial charge in [-0.05, 0) is 18.4 Å².